The van der Waals surface area contributed by atoms with Gasteiger partial charge in [-0.15, -0.1) is 0 Å². The molecule has 96 valence electrons. The van der Waals surface area contributed by atoms with Crippen molar-refractivity contribution in [2.75, 3.05) is 18.0 Å². The lowest BCUT2D eigenvalue weighted by Gasteiger charge is -2.41. The van der Waals surface area contributed by atoms with Crippen molar-refractivity contribution in [3.8, 4) is 0 Å². The van der Waals surface area contributed by atoms with Crippen LogP contribution in [0.25, 0.3) is 5.65 Å². The van der Waals surface area contributed by atoms with Crippen LogP contribution in [-0.4, -0.2) is 33.9 Å². The van der Waals surface area contributed by atoms with E-state index in [4.69, 9.17) is 0 Å². The lowest BCUT2D eigenvalue weighted by atomic mass is 9.94. The Morgan fingerprint density at radius 1 is 1.44 bits per heavy atom. The Kier molecular flexibility index (Phi) is 2.69. The van der Waals surface area contributed by atoms with Gasteiger partial charge in [0, 0.05) is 13.1 Å². The standard InChI is InChI=1S/C13H17FN4/c1-9(14)5-11-6-17(7-11)12-3-4-13-15-10(2)16-18(13)8-12/h3-4,8-9,11H,5-7H2,1-2H3. The number of hydrogen-bond donors (Lipinski definition) is 0. The average Bonchev–Trinajstić information content (AvgIpc) is 2.61. The van der Waals surface area contributed by atoms with E-state index < -0.39 is 6.17 Å². The SMILES string of the molecule is Cc1nc2ccc(N3CC(CC(C)F)C3)cn2n1. The van der Waals surface area contributed by atoms with Crippen LogP contribution in [0.4, 0.5) is 10.1 Å². The number of alkyl halides is 1. The molecule has 1 fully saturated rings. The first kappa shape index (κ1) is 11.4. The van der Waals surface area contributed by atoms with Gasteiger partial charge in [-0.1, -0.05) is 0 Å². The third-order valence-electron chi connectivity index (χ3n) is 3.40. The fourth-order valence-electron chi connectivity index (χ4n) is 2.56. The van der Waals surface area contributed by atoms with Gasteiger partial charge in [-0.25, -0.2) is 13.9 Å². The zero-order valence-electron chi connectivity index (χ0n) is 10.7. The Balaban J connectivity index is 1.72. The predicted octanol–water partition coefficient (Wildman–Crippen LogP) is 2.22. The molecule has 0 amide bonds. The monoisotopic (exact) mass is 248 g/mol. The smallest absolute Gasteiger partial charge is 0.155 e. The summed E-state index contributed by atoms with van der Waals surface area (Å²) in [6.07, 6.45) is 1.96. The van der Waals surface area contributed by atoms with E-state index in [0.29, 0.717) is 12.3 Å². The van der Waals surface area contributed by atoms with Gasteiger partial charge < -0.3 is 4.90 Å². The Hall–Kier alpha value is -1.65. The summed E-state index contributed by atoms with van der Waals surface area (Å²) in [6, 6.07) is 4.03. The molecule has 0 bridgehead atoms. The molecule has 3 heterocycles. The number of anilines is 1. The van der Waals surface area contributed by atoms with E-state index in [1.165, 1.54) is 0 Å². The molecule has 0 aliphatic carbocycles. The average molecular weight is 248 g/mol. The molecule has 2 aromatic rings. The van der Waals surface area contributed by atoms with Crippen LogP contribution in [0.15, 0.2) is 18.3 Å². The Morgan fingerprint density at radius 2 is 2.22 bits per heavy atom. The molecule has 2 aromatic heterocycles. The summed E-state index contributed by atoms with van der Waals surface area (Å²) >= 11 is 0. The van der Waals surface area contributed by atoms with E-state index in [2.05, 4.69) is 21.0 Å². The topological polar surface area (TPSA) is 33.4 Å². The van der Waals surface area contributed by atoms with Gasteiger partial charge in [-0.3, -0.25) is 0 Å². The van der Waals surface area contributed by atoms with E-state index in [0.717, 1.165) is 30.2 Å². The number of rotatable bonds is 3. The van der Waals surface area contributed by atoms with Gasteiger partial charge in [0.1, 0.15) is 5.82 Å². The molecule has 4 nitrogen and oxygen atoms in total. The molecule has 1 unspecified atom stereocenters. The molecule has 5 heteroatoms. The number of pyridine rings is 1. The fourth-order valence-corrected chi connectivity index (χ4v) is 2.56. The van der Waals surface area contributed by atoms with Crippen molar-refractivity contribution in [2.45, 2.75) is 26.4 Å². The second kappa shape index (κ2) is 4.23. The molecule has 1 aliphatic heterocycles. The van der Waals surface area contributed by atoms with Crippen LogP contribution in [0.3, 0.4) is 0 Å². The summed E-state index contributed by atoms with van der Waals surface area (Å²) in [4.78, 5) is 6.55. The normalized spacial score (nSPS) is 18.1. The predicted molar refractivity (Wildman–Crippen MR) is 68.6 cm³/mol. The third-order valence-corrected chi connectivity index (χ3v) is 3.40. The molecule has 0 spiro atoms. The van der Waals surface area contributed by atoms with Gasteiger partial charge in [-0.05, 0) is 38.3 Å². The lowest BCUT2D eigenvalue weighted by molar-refractivity contribution is 0.259. The molecule has 0 saturated carbocycles. The van der Waals surface area contributed by atoms with Crippen LogP contribution >= 0.6 is 0 Å². The van der Waals surface area contributed by atoms with Crippen molar-refractivity contribution >= 4 is 11.3 Å². The second-order valence-electron chi connectivity index (χ2n) is 5.14. The quantitative estimate of drug-likeness (QED) is 0.835. The molecule has 0 N–H and O–H groups in total. The lowest BCUT2D eigenvalue weighted by Crippen LogP contribution is -2.47. The van der Waals surface area contributed by atoms with Crippen molar-refractivity contribution in [3.05, 3.63) is 24.2 Å². The minimum absolute atomic E-state index is 0.484. The van der Waals surface area contributed by atoms with Crippen LogP contribution in [0.2, 0.25) is 0 Å². The van der Waals surface area contributed by atoms with E-state index in [1.54, 1.807) is 11.4 Å². The molecule has 1 aliphatic rings. The molecule has 18 heavy (non-hydrogen) atoms. The van der Waals surface area contributed by atoms with E-state index >= 15 is 0 Å². The highest BCUT2D eigenvalue weighted by Gasteiger charge is 2.28. The van der Waals surface area contributed by atoms with Gasteiger partial charge in [0.25, 0.3) is 0 Å². The second-order valence-corrected chi connectivity index (χ2v) is 5.14. The minimum Gasteiger partial charge on any atom is -0.370 e. The molecule has 0 radical (unpaired) electrons. The summed E-state index contributed by atoms with van der Waals surface area (Å²) in [7, 11) is 0. The number of halogens is 1. The first-order valence-corrected chi connectivity index (χ1v) is 6.34. The van der Waals surface area contributed by atoms with Gasteiger partial charge >= 0.3 is 0 Å². The first-order valence-electron chi connectivity index (χ1n) is 6.34. The molecular formula is C13H17FN4. The number of fused-ring (bicyclic) bond motifs is 1. The highest BCUT2D eigenvalue weighted by Crippen LogP contribution is 2.27. The highest BCUT2D eigenvalue weighted by molar-refractivity contribution is 5.52. The fraction of sp³-hybridized carbons (Fsp3) is 0.538. The molecular weight excluding hydrogens is 231 g/mol. The Labute approximate surface area is 105 Å². The van der Waals surface area contributed by atoms with Gasteiger partial charge in [0.05, 0.1) is 18.1 Å². The van der Waals surface area contributed by atoms with Gasteiger partial charge in [-0.2, -0.15) is 5.10 Å². The number of aromatic nitrogens is 3. The Morgan fingerprint density at radius 3 is 2.94 bits per heavy atom. The summed E-state index contributed by atoms with van der Waals surface area (Å²) in [5.41, 5.74) is 2.00. The summed E-state index contributed by atoms with van der Waals surface area (Å²) in [5, 5.41) is 4.30. The molecule has 0 aromatic carbocycles. The van der Waals surface area contributed by atoms with E-state index in [9.17, 15) is 4.39 Å². The summed E-state index contributed by atoms with van der Waals surface area (Å²) in [5.74, 6) is 1.26. The van der Waals surface area contributed by atoms with Gasteiger partial charge in [0.2, 0.25) is 0 Å². The van der Waals surface area contributed by atoms with Crippen LogP contribution < -0.4 is 4.90 Å². The summed E-state index contributed by atoms with van der Waals surface area (Å²) in [6.45, 7) is 5.39. The maximum atomic E-state index is 12.9. The van der Waals surface area contributed by atoms with Crippen LogP contribution in [0.1, 0.15) is 19.2 Å². The third kappa shape index (κ3) is 2.05. The van der Waals surface area contributed by atoms with E-state index in [1.807, 2.05) is 19.2 Å². The van der Waals surface area contributed by atoms with Crippen molar-refractivity contribution in [3.63, 3.8) is 0 Å². The van der Waals surface area contributed by atoms with Crippen molar-refractivity contribution in [2.24, 2.45) is 5.92 Å². The summed E-state index contributed by atoms with van der Waals surface area (Å²) < 4.78 is 14.7. The van der Waals surface area contributed by atoms with Crippen LogP contribution in [0.5, 0.6) is 0 Å². The van der Waals surface area contributed by atoms with E-state index in [-0.39, 0.29) is 0 Å². The maximum Gasteiger partial charge on any atom is 0.155 e. The van der Waals surface area contributed by atoms with Crippen molar-refractivity contribution in [1.29, 1.82) is 0 Å². The van der Waals surface area contributed by atoms with Gasteiger partial charge in [0.15, 0.2) is 5.65 Å². The number of aryl methyl sites for hydroxylation is 1. The van der Waals surface area contributed by atoms with Crippen molar-refractivity contribution < 1.29 is 4.39 Å². The zero-order valence-corrected chi connectivity index (χ0v) is 10.7. The number of nitrogens with zero attached hydrogens (tertiary/aromatic N) is 4. The molecule has 1 saturated heterocycles. The van der Waals surface area contributed by atoms with Crippen molar-refractivity contribution in [1.82, 2.24) is 14.6 Å². The van der Waals surface area contributed by atoms with Crippen LogP contribution in [-0.2, 0) is 0 Å². The van der Waals surface area contributed by atoms with Crippen LogP contribution in [0, 0.1) is 12.8 Å². The highest BCUT2D eigenvalue weighted by atomic mass is 19.1. The first-order chi connectivity index (χ1) is 8.61. The minimum atomic E-state index is -0.697. The molecule has 1 atom stereocenters. The zero-order chi connectivity index (χ0) is 12.7. The number of hydrogen-bond acceptors (Lipinski definition) is 3. The maximum absolute atomic E-state index is 12.9. The Bertz CT molecular complexity index is 557. The largest absolute Gasteiger partial charge is 0.370 e. The molecule has 3 rings (SSSR count).